The van der Waals surface area contributed by atoms with E-state index in [0.29, 0.717) is 23.4 Å². The topological polar surface area (TPSA) is 58.6 Å². The highest BCUT2D eigenvalue weighted by atomic mass is 16.5. The van der Waals surface area contributed by atoms with Crippen molar-refractivity contribution in [3.05, 3.63) is 95.2 Å². The number of benzene rings is 3. The largest absolute Gasteiger partial charge is 0.494 e. The second-order valence-electron chi connectivity index (χ2n) is 7.85. The maximum absolute atomic E-state index is 13.5. The summed E-state index contributed by atoms with van der Waals surface area (Å²) in [6.45, 7) is 6.67. The molecule has 0 aromatic heterocycles. The minimum absolute atomic E-state index is 0.271. The minimum Gasteiger partial charge on any atom is -0.494 e. The van der Waals surface area contributed by atoms with Crippen molar-refractivity contribution in [1.82, 2.24) is 0 Å². The SMILES string of the molecule is CCCOc1ccc(C2=C(Nc3ccc(C)cc3C)C(=O)N(c3ccccc3)C2=O)cc1. The standard InChI is InChI=1S/C27H26N2O3/c1-4-16-32-22-13-11-20(12-14-22)24-25(28-23-15-10-18(2)17-19(23)3)27(31)29(26(24)30)21-8-6-5-7-9-21/h5-15,17,28H,4,16H2,1-3H3. The van der Waals surface area contributed by atoms with Crippen LogP contribution in [0.5, 0.6) is 5.75 Å². The van der Waals surface area contributed by atoms with Crippen molar-refractivity contribution >= 4 is 28.8 Å². The van der Waals surface area contributed by atoms with Crippen molar-refractivity contribution in [2.45, 2.75) is 27.2 Å². The van der Waals surface area contributed by atoms with Crippen molar-refractivity contribution < 1.29 is 14.3 Å². The number of hydrogen-bond donors (Lipinski definition) is 1. The zero-order chi connectivity index (χ0) is 22.7. The molecule has 1 aliphatic rings. The first-order valence-corrected chi connectivity index (χ1v) is 10.7. The molecule has 32 heavy (non-hydrogen) atoms. The first-order chi connectivity index (χ1) is 15.5. The van der Waals surface area contributed by atoms with Crippen LogP contribution in [0.25, 0.3) is 5.57 Å². The van der Waals surface area contributed by atoms with Crippen LogP contribution in [0.2, 0.25) is 0 Å². The highest BCUT2D eigenvalue weighted by molar-refractivity contribution is 6.46. The highest BCUT2D eigenvalue weighted by Crippen LogP contribution is 2.34. The second kappa shape index (κ2) is 9.10. The first kappa shape index (κ1) is 21.4. The molecule has 5 nitrogen and oxygen atoms in total. The van der Waals surface area contributed by atoms with E-state index in [1.807, 2.05) is 81.4 Å². The third kappa shape index (κ3) is 4.14. The van der Waals surface area contributed by atoms with E-state index in [0.717, 1.165) is 29.0 Å². The fourth-order valence-electron chi connectivity index (χ4n) is 3.75. The molecule has 0 unspecified atom stereocenters. The molecule has 0 fully saturated rings. The first-order valence-electron chi connectivity index (χ1n) is 10.7. The average Bonchev–Trinajstić information content (AvgIpc) is 3.04. The van der Waals surface area contributed by atoms with Crippen LogP contribution in [0.1, 0.15) is 30.0 Å². The van der Waals surface area contributed by atoms with Gasteiger partial charge >= 0.3 is 0 Å². The van der Waals surface area contributed by atoms with E-state index in [2.05, 4.69) is 5.32 Å². The van der Waals surface area contributed by atoms with Crippen molar-refractivity contribution in [3.63, 3.8) is 0 Å². The normalized spacial score (nSPS) is 13.7. The van der Waals surface area contributed by atoms with Crippen LogP contribution in [0, 0.1) is 13.8 Å². The van der Waals surface area contributed by atoms with Gasteiger partial charge in [-0.3, -0.25) is 9.59 Å². The Morgan fingerprint density at radius 1 is 0.875 bits per heavy atom. The zero-order valence-corrected chi connectivity index (χ0v) is 18.5. The summed E-state index contributed by atoms with van der Waals surface area (Å²) in [5.74, 6) is 0.00921. The van der Waals surface area contributed by atoms with Gasteiger partial charge in [-0.15, -0.1) is 0 Å². The van der Waals surface area contributed by atoms with Crippen LogP contribution in [-0.4, -0.2) is 18.4 Å². The fraction of sp³-hybridized carbons (Fsp3) is 0.185. The van der Waals surface area contributed by atoms with Crippen molar-refractivity contribution in [2.75, 3.05) is 16.8 Å². The van der Waals surface area contributed by atoms with E-state index in [1.54, 1.807) is 12.1 Å². The molecule has 3 aromatic rings. The number of ether oxygens (including phenoxy) is 1. The van der Waals surface area contributed by atoms with Gasteiger partial charge in [0.15, 0.2) is 0 Å². The Morgan fingerprint density at radius 2 is 1.59 bits per heavy atom. The number of nitrogens with one attached hydrogen (secondary N) is 1. The van der Waals surface area contributed by atoms with E-state index in [-0.39, 0.29) is 17.5 Å². The van der Waals surface area contributed by atoms with Crippen molar-refractivity contribution in [3.8, 4) is 5.75 Å². The molecular weight excluding hydrogens is 400 g/mol. The number of hydrogen-bond acceptors (Lipinski definition) is 4. The van der Waals surface area contributed by atoms with Crippen molar-refractivity contribution in [1.29, 1.82) is 0 Å². The van der Waals surface area contributed by atoms with Gasteiger partial charge in [-0.2, -0.15) is 0 Å². The maximum atomic E-state index is 13.5. The Bertz CT molecular complexity index is 1180. The smallest absolute Gasteiger partial charge is 0.282 e. The number of aryl methyl sites for hydroxylation is 2. The number of para-hydroxylation sites is 1. The average molecular weight is 427 g/mol. The monoisotopic (exact) mass is 426 g/mol. The number of anilines is 2. The Labute approximate surface area is 188 Å². The number of rotatable bonds is 7. The molecule has 162 valence electrons. The molecule has 2 amide bonds. The van der Waals surface area contributed by atoms with Crippen LogP contribution in [0.3, 0.4) is 0 Å². The van der Waals surface area contributed by atoms with Crippen LogP contribution in [0.15, 0.2) is 78.5 Å². The van der Waals surface area contributed by atoms with E-state index >= 15 is 0 Å². The Morgan fingerprint density at radius 3 is 2.25 bits per heavy atom. The van der Waals surface area contributed by atoms with Gasteiger partial charge in [0, 0.05) is 5.69 Å². The van der Waals surface area contributed by atoms with E-state index in [1.165, 1.54) is 4.90 Å². The fourth-order valence-corrected chi connectivity index (χ4v) is 3.75. The predicted molar refractivity (Wildman–Crippen MR) is 128 cm³/mol. The molecular formula is C27H26N2O3. The maximum Gasteiger partial charge on any atom is 0.282 e. The molecule has 4 rings (SSSR count). The molecule has 1 heterocycles. The van der Waals surface area contributed by atoms with E-state index in [4.69, 9.17) is 4.74 Å². The molecule has 5 heteroatoms. The summed E-state index contributed by atoms with van der Waals surface area (Å²) in [7, 11) is 0. The van der Waals surface area contributed by atoms with Crippen LogP contribution >= 0.6 is 0 Å². The molecule has 0 saturated carbocycles. The molecule has 0 aliphatic carbocycles. The van der Waals surface area contributed by atoms with Gasteiger partial charge in [-0.25, -0.2) is 4.90 Å². The summed E-state index contributed by atoms with van der Waals surface area (Å²) in [5.41, 5.74) is 4.75. The molecule has 0 saturated heterocycles. The Kier molecular flexibility index (Phi) is 6.08. The summed E-state index contributed by atoms with van der Waals surface area (Å²) in [6, 6.07) is 22.2. The molecule has 0 spiro atoms. The Balaban J connectivity index is 1.77. The quantitative estimate of drug-likeness (QED) is 0.508. The van der Waals surface area contributed by atoms with Gasteiger partial charge in [0.2, 0.25) is 0 Å². The summed E-state index contributed by atoms with van der Waals surface area (Å²) in [5, 5.41) is 3.25. The minimum atomic E-state index is -0.373. The summed E-state index contributed by atoms with van der Waals surface area (Å²) >= 11 is 0. The number of carbonyl (C=O) groups excluding carboxylic acids is 2. The van der Waals surface area contributed by atoms with Gasteiger partial charge in [-0.05, 0) is 61.7 Å². The molecule has 3 aromatic carbocycles. The lowest BCUT2D eigenvalue weighted by Gasteiger charge is -2.15. The molecule has 1 aliphatic heterocycles. The molecule has 1 N–H and O–H groups in total. The highest BCUT2D eigenvalue weighted by Gasteiger charge is 2.40. The third-order valence-corrected chi connectivity index (χ3v) is 5.36. The third-order valence-electron chi connectivity index (χ3n) is 5.36. The number of nitrogens with zero attached hydrogens (tertiary/aromatic N) is 1. The van der Waals surface area contributed by atoms with Crippen LogP contribution < -0.4 is 15.0 Å². The van der Waals surface area contributed by atoms with Gasteiger partial charge in [0.25, 0.3) is 11.8 Å². The lowest BCUT2D eigenvalue weighted by Crippen LogP contribution is -2.32. The predicted octanol–water partition coefficient (Wildman–Crippen LogP) is 5.49. The van der Waals surface area contributed by atoms with Gasteiger partial charge in [0.1, 0.15) is 11.4 Å². The lowest BCUT2D eigenvalue weighted by molar-refractivity contribution is -0.120. The van der Waals surface area contributed by atoms with E-state index < -0.39 is 0 Å². The summed E-state index contributed by atoms with van der Waals surface area (Å²) in [6.07, 6.45) is 0.913. The summed E-state index contributed by atoms with van der Waals surface area (Å²) < 4.78 is 5.67. The number of amides is 2. The molecule has 0 bridgehead atoms. The van der Waals surface area contributed by atoms with Gasteiger partial charge in [0.05, 0.1) is 17.9 Å². The van der Waals surface area contributed by atoms with Gasteiger partial charge < -0.3 is 10.1 Å². The number of imide groups is 1. The lowest BCUT2D eigenvalue weighted by atomic mass is 10.0. The van der Waals surface area contributed by atoms with Crippen LogP contribution in [0.4, 0.5) is 11.4 Å². The Hall–Kier alpha value is -3.86. The van der Waals surface area contributed by atoms with Gasteiger partial charge in [-0.1, -0.05) is 55.0 Å². The van der Waals surface area contributed by atoms with Crippen molar-refractivity contribution in [2.24, 2.45) is 0 Å². The van der Waals surface area contributed by atoms with Crippen LogP contribution in [-0.2, 0) is 9.59 Å². The zero-order valence-electron chi connectivity index (χ0n) is 18.5. The second-order valence-corrected chi connectivity index (χ2v) is 7.85. The molecule has 0 atom stereocenters. The van der Waals surface area contributed by atoms with E-state index in [9.17, 15) is 9.59 Å². The molecule has 0 radical (unpaired) electrons. The summed E-state index contributed by atoms with van der Waals surface area (Å²) in [4.78, 5) is 28.2. The number of carbonyl (C=O) groups is 2.